The van der Waals surface area contributed by atoms with Gasteiger partial charge in [0.1, 0.15) is 5.52 Å². The fourth-order valence-corrected chi connectivity index (χ4v) is 3.72. The molecule has 0 saturated carbocycles. The van der Waals surface area contributed by atoms with E-state index in [2.05, 4.69) is 16.4 Å². The Labute approximate surface area is 195 Å². The molecule has 1 heterocycles. The van der Waals surface area contributed by atoms with Crippen molar-refractivity contribution in [2.45, 2.75) is 54.4 Å². The number of halogens is 3. The van der Waals surface area contributed by atoms with Crippen LogP contribution in [0.15, 0.2) is 24.3 Å². The molecule has 3 rings (SSSR count). The van der Waals surface area contributed by atoms with Crippen LogP contribution in [0.2, 0.25) is 10.0 Å². The van der Waals surface area contributed by atoms with Gasteiger partial charge in [-0.3, -0.25) is 0 Å². The lowest BCUT2D eigenvalue weighted by molar-refractivity contribution is 0.638. The van der Waals surface area contributed by atoms with Crippen LogP contribution in [0.5, 0.6) is 0 Å². The summed E-state index contributed by atoms with van der Waals surface area (Å²) >= 11 is 12.5. The van der Waals surface area contributed by atoms with Gasteiger partial charge in [-0.1, -0.05) is 63.0 Å². The highest BCUT2D eigenvalue weighted by Crippen LogP contribution is 2.41. The van der Waals surface area contributed by atoms with Gasteiger partial charge in [0, 0.05) is 41.4 Å². The molecule has 0 aliphatic heterocycles. The first kappa shape index (κ1) is 26.7. The number of pyridine rings is 1. The summed E-state index contributed by atoms with van der Waals surface area (Å²) in [4.78, 5) is 4.49. The number of fused-ring (bicyclic) bond motifs is 1. The van der Waals surface area contributed by atoms with E-state index in [9.17, 15) is 0 Å². The minimum absolute atomic E-state index is 0.267. The number of hydrogen-bond donors (Lipinski definition) is 1. The summed E-state index contributed by atoms with van der Waals surface area (Å²) < 4.78 is 15.7. The number of rotatable bonds is 4. The number of anilines is 1. The maximum atomic E-state index is 15.7. The van der Waals surface area contributed by atoms with E-state index in [1.165, 1.54) is 0 Å². The van der Waals surface area contributed by atoms with Gasteiger partial charge in [-0.25, -0.2) is 9.37 Å². The molecule has 2 aromatic carbocycles. The first-order chi connectivity index (χ1) is 14.9. The van der Waals surface area contributed by atoms with E-state index in [1.807, 2.05) is 47.6 Å². The molecule has 1 N–H and O–H groups in total. The minimum Gasteiger partial charge on any atom is -0.387 e. The van der Waals surface area contributed by atoms with Crippen molar-refractivity contribution < 1.29 is 4.39 Å². The number of nitriles is 1. The summed E-state index contributed by atoms with van der Waals surface area (Å²) in [5.41, 5.74) is 4.37. The molecule has 166 valence electrons. The van der Waals surface area contributed by atoms with Crippen molar-refractivity contribution >= 4 is 39.8 Å². The number of hydrogen-bond acceptors (Lipinski definition) is 3. The number of aromatic nitrogens is 1. The van der Waals surface area contributed by atoms with Crippen molar-refractivity contribution in [2.24, 2.45) is 0 Å². The summed E-state index contributed by atoms with van der Waals surface area (Å²) in [7, 11) is 1.80. The predicted molar refractivity (Wildman–Crippen MR) is 133 cm³/mol. The third-order valence-corrected chi connectivity index (χ3v) is 5.58. The molecule has 0 bridgehead atoms. The molecule has 0 saturated heterocycles. The molecule has 0 atom stereocenters. The summed E-state index contributed by atoms with van der Waals surface area (Å²) in [6.07, 6.45) is 0.668. The van der Waals surface area contributed by atoms with E-state index in [-0.39, 0.29) is 17.0 Å². The van der Waals surface area contributed by atoms with E-state index >= 15 is 4.39 Å². The van der Waals surface area contributed by atoms with Gasteiger partial charge in [-0.05, 0) is 43.5 Å². The quantitative estimate of drug-likeness (QED) is 0.423. The molecule has 31 heavy (non-hydrogen) atoms. The van der Waals surface area contributed by atoms with Crippen LogP contribution in [0.4, 0.5) is 10.1 Å². The van der Waals surface area contributed by atoms with Crippen LogP contribution in [-0.4, -0.2) is 12.0 Å². The van der Waals surface area contributed by atoms with Crippen LogP contribution in [0.25, 0.3) is 22.0 Å². The standard InChI is InChI=1S/C21H18Cl2FN3.2C2H6/c1-11-12(2)27-21-15(20(11)26-3)10-13(6-5-9-25)17(19(21)24)14-7-4-8-16(22)18(14)23;2*1-2/h4,7-8,10H,5-6H2,1-3H3,(H,26,27);2*1-2H3. The van der Waals surface area contributed by atoms with Gasteiger partial charge in [-0.15, -0.1) is 0 Å². The van der Waals surface area contributed by atoms with Crippen molar-refractivity contribution in [3.63, 3.8) is 0 Å². The topological polar surface area (TPSA) is 48.7 Å². The van der Waals surface area contributed by atoms with Gasteiger partial charge in [0.05, 0.1) is 16.1 Å². The Morgan fingerprint density at radius 3 is 2.35 bits per heavy atom. The van der Waals surface area contributed by atoms with Gasteiger partial charge in [0.2, 0.25) is 0 Å². The van der Waals surface area contributed by atoms with E-state index in [4.69, 9.17) is 28.5 Å². The number of nitrogens with zero attached hydrogens (tertiary/aromatic N) is 2. The van der Waals surface area contributed by atoms with Gasteiger partial charge in [0.15, 0.2) is 5.82 Å². The van der Waals surface area contributed by atoms with Gasteiger partial charge in [-0.2, -0.15) is 5.26 Å². The zero-order valence-corrected chi connectivity index (χ0v) is 20.8. The normalized spacial score (nSPS) is 9.84. The van der Waals surface area contributed by atoms with Crippen LogP contribution >= 0.6 is 23.2 Å². The first-order valence-corrected chi connectivity index (χ1v) is 11.3. The summed E-state index contributed by atoms with van der Waals surface area (Å²) in [6, 6.07) is 9.14. The number of benzene rings is 2. The fraction of sp³-hybridized carbons (Fsp3) is 0.360. The molecule has 1 aromatic heterocycles. The molecule has 0 unspecified atom stereocenters. The Kier molecular flexibility index (Phi) is 10.8. The smallest absolute Gasteiger partial charge is 0.157 e. The second-order valence-corrected chi connectivity index (χ2v) is 7.11. The van der Waals surface area contributed by atoms with Crippen molar-refractivity contribution in [2.75, 3.05) is 12.4 Å². The van der Waals surface area contributed by atoms with Gasteiger partial charge >= 0.3 is 0 Å². The van der Waals surface area contributed by atoms with Crippen LogP contribution in [0.3, 0.4) is 0 Å². The predicted octanol–water partition coefficient (Wildman–Crippen LogP) is 8.51. The maximum Gasteiger partial charge on any atom is 0.157 e. The van der Waals surface area contributed by atoms with Crippen LogP contribution < -0.4 is 5.32 Å². The lowest BCUT2D eigenvalue weighted by Gasteiger charge is -2.18. The molecule has 3 nitrogen and oxygen atoms in total. The maximum absolute atomic E-state index is 15.7. The van der Waals surface area contributed by atoms with Gasteiger partial charge < -0.3 is 5.32 Å². The highest BCUT2D eigenvalue weighted by molar-refractivity contribution is 6.43. The van der Waals surface area contributed by atoms with E-state index in [0.29, 0.717) is 33.5 Å². The van der Waals surface area contributed by atoms with Crippen LogP contribution in [0, 0.1) is 31.0 Å². The van der Waals surface area contributed by atoms with Crippen molar-refractivity contribution in [3.05, 3.63) is 56.9 Å². The van der Waals surface area contributed by atoms with E-state index < -0.39 is 5.82 Å². The van der Waals surface area contributed by atoms with Crippen molar-refractivity contribution in [1.29, 1.82) is 5.26 Å². The van der Waals surface area contributed by atoms with Crippen molar-refractivity contribution in [3.8, 4) is 17.2 Å². The molecular formula is C25H30Cl2FN3. The Morgan fingerprint density at radius 2 is 1.77 bits per heavy atom. The highest BCUT2D eigenvalue weighted by Gasteiger charge is 2.22. The third kappa shape index (κ3) is 5.47. The molecular weight excluding hydrogens is 432 g/mol. The molecule has 0 aliphatic carbocycles. The molecule has 0 fully saturated rings. The Balaban J connectivity index is 0.00000113. The fourth-order valence-electron chi connectivity index (χ4n) is 3.32. The Hall–Kier alpha value is -2.35. The molecule has 6 heteroatoms. The van der Waals surface area contributed by atoms with E-state index in [1.54, 1.807) is 25.2 Å². The zero-order valence-electron chi connectivity index (χ0n) is 19.3. The molecule has 0 amide bonds. The molecule has 0 radical (unpaired) electrons. The molecule has 0 spiro atoms. The lowest BCUT2D eigenvalue weighted by atomic mass is 9.92. The molecule has 0 aliphatic rings. The van der Waals surface area contributed by atoms with Crippen molar-refractivity contribution in [1.82, 2.24) is 4.98 Å². The largest absolute Gasteiger partial charge is 0.387 e. The molecule has 3 aromatic rings. The van der Waals surface area contributed by atoms with Gasteiger partial charge in [0.25, 0.3) is 0 Å². The summed E-state index contributed by atoms with van der Waals surface area (Å²) in [5, 5.41) is 13.5. The number of nitrogens with one attached hydrogen (secondary N) is 1. The zero-order chi connectivity index (χ0) is 23.7. The SMILES string of the molecule is CC.CC.CNc1c(C)c(C)nc2c(F)c(-c3cccc(Cl)c3Cl)c(CCC#N)cc12. The lowest BCUT2D eigenvalue weighted by Crippen LogP contribution is -2.03. The Bertz CT molecular complexity index is 1090. The summed E-state index contributed by atoms with van der Waals surface area (Å²) in [6.45, 7) is 11.8. The van der Waals surface area contributed by atoms with Crippen LogP contribution in [0.1, 0.15) is 50.9 Å². The average Bonchev–Trinajstić information content (AvgIpc) is 2.79. The second kappa shape index (κ2) is 12.5. The third-order valence-electron chi connectivity index (χ3n) is 4.77. The van der Waals surface area contributed by atoms with Crippen LogP contribution in [-0.2, 0) is 6.42 Å². The number of aryl methyl sites for hydroxylation is 2. The monoisotopic (exact) mass is 461 g/mol. The Morgan fingerprint density at radius 1 is 1.13 bits per heavy atom. The minimum atomic E-state index is -0.454. The first-order valence-electron chi connectivity index (χ1n) is 10.5. The highest BCUT2D eigenvalue weighted by atomic mass is 35.5. The summed E-state index contributed by atoms with van der Waals surface area (Å²) in [5.74, 6) is -0.454. The second-order valence-electron chi connectivity index (χ2n) is 6.33. The average molecular weight is 462 g/mol. The van der Waals surface area contributed by atoms with E-state index in [0.717, 1.165) is 16.9 Å².